The number of carbonyl (C=O) groups is 1. The third-order valence-electron chi connectivity index (χ3n) is 5.05. The first kappa shape index (κ1) is 21.6. The van der Waals surface area contributed by atoms with Crippen molar-refractivity contribution in [2.75, 3.05) is 28.6 Å². The average molecular weight is 444 g/mol. The zero-order valence-corrected chi connectivity index (χ0v) is 17.1. The molecule has 1 aliphatic rings. The molecule has 1 aliphatic heterocycles. The summed E-state index contributed by atoms with van der Waals surface area (Å²) in [5, 5.41) is 22.3. The van der Waals surface area contributed by atoms with Crippen LogP contribution in [0.4, 0.5) is 32.0 Å². The van der Waals surface area contributed by atoms with Gasteiger partial charge in [0, 0.05) is 24.8 Å². The van der Waals surface area contributed by atoms with Gasteiger partial charge in [-0.1, -0.05) is 5.10 Å². The number of anilines is 4. The normalized spacial score (nSPS) is 15.2. The number of aliphatic hydroxyl groups excluding tert-OH is 1. The largest absolute Gasteiger partial charge is 0.399 e. The van der Waals surface area contributed by atoms with E-state index in [9.17, 15) is 18.7 Å². The van der Waals surface area contributed by atoms with Crippen LogP contribution in [0.25, 0.3) is 0 Å². The summed E-state index contributed by atoms with van der Waals surface area (Å²) in [6, 6.07) is 6.58. The van der Waals surface area contributed by atoms with E-state index in [1.165, 1.54) is 12.3 Å². The van der Waals surface area contributed by atoms with E-state index in [1.807, 2.05) is 6.07 Å². The molecule has 1 aromatic carbocycles. The van der Waals surface area contributed by atoms with Gasteiger partial charge in [-0.25, -0.2) is 13.8 Å². The maximum Gasteiger partial charge on any atom is 0.320 e. The second-order valence-corrected chi connectivity index (χ2v) is 7.45. The number of hydrogen-bond donors (Lipinski definition) is 3. The fourth-order valence-electron chi connectivity index (χ4n) is 3.42. The fraction of sp³-hybridized carbons (Fsp3) is 0.333. The van der Waals surface area contributed by atoms with Gasteiger partial charge in [0.1, 0.15) is 5.82 Å². The summed E-state index contributed by atoms with van der Waals surface area (Å²) >= 11 is 0. The zero-order valence-electron chi connectivity index (χ0n) is 17.1. The van der Waals surface area contributed by atoms with Crippen molar-refractivity contribution in [1.29, 1.82) is 0 Å². The van der Waals surface area contributed by atoms with E-state index in [0.717, 1.165) is 56.7 Å². The Morgan fingerprint density at radius 3 is 2.50 bits per heavy atom. The number of rotatable bonds is 5. The molecule has 0 bridgehead atoms. The molecule has 1 fully saturated rings. The van der Waals surface area contributed by atoms with E-state index in [0.29, 0.717) is 5.69 Å². The maximum atomic E-state index is 13.3. The third-order valence-corrected chi connectivity index (χ3v) is 5.05. The molecule has 0 spiro atoms. The number of carbonyl (C=O) groups excluding carboxylic acids is 1. The van der Waals surface area contributed by atoms with Crippen molar-refractivity contribution in [3.63, 3.8) is 0 Å². The molecule has 32 heavy (non-hydrogen) atoms. The summed E-state index contributed by atoms with van der Waals surface area (Å²) in [5.41, 5.74) is 0.646. The molecule has 1 amide bonds. The Morgan fingerprint density at radius 1 is 1.06 bits per heavy atom. The van der Waals surface area contributed by atoms with Crippen molar-refractivity contribution in [3.05, 3.63) is 54.1 Å². The molecule has 168 valence electrons. The predicted molar refractivity (Wildman–Crippen MR) is 113 cm³/mol. The Hall–Kier alpha value is -3.60. The number of pyridine rings is 1. The molecule has 4 rings (SSSR count). The second kappa shape index (κ2) is 9.69. The minimum atomic E-state index is -1.03. The van der Waals surface area contributed by atoms with E-state index in [1.54, 1.807) is 6.07 Å². The van der Waals surface area contributed by atoms with Crippen molar-refractivity contribution < 1.29 is 23.1 Å². The van der Waals surface area contributed by atoms with Crippen LogP contribution in [0.3, 0.4) is 0 Å². The van der Waals surface area contributed by atoms with Gasteiger partial charge < -0.3 is 25.1 Å². The van der Waals surface area contributed by atoms with Crippen molar-refractivity contribution in [3.8, 4) is 0 Å². The molecule has 1 saturated heterocycles. The smallest absolute Gasteiger partial charge is 0.320 e. The molecule has 9 nitrogen and oxygen atoms in total. The molecule has 0 unspecified atom stereocenters. The fourth-order valence-corrected chi connectivity index (χ4v) is 3.42. The molecular formula is C21H22F2N6O3. The van der Waals surface area contributed by atoms with Crippen molar-refractivity contribution in [2.24, 2.45) is 0 Å². The van der Waals surface area contributed by atoms with Gasteiger partial charge in [0.05, 0.1) is 18.0 Å². The number of halogens is 2. The predicted octanol–water partition coefficient (Wildman–Crippen LogP) is 3.48. The van der Waals surface area contributed by atoms with Crippen LogP contribution in [0.15, 0.2) is 40.9 Å². The lowest BCUT2D eigenvalue weighted by Crippen LogP contribution is -2.30. The third kappa shape index (κ3) is 5.35. The van der Waals surface area contributed by atoms with Gasteiger partial charge in [-0.15, -0.1) is 5.10 Å². The van der Waals surface area contributed by atoms with Crippen molar-refractivity contribution >= 4 is 29.1 Å². The summed E-state index contributed by atoms with van der Waals surface area (Å²) in [7, 11) is 0. The Morgan fingerprint density at radius 2 is 1.81 bits per heavy atom. The van der Waals surface area contributed by atoms with Crippen LogP contribution >= 0.6 is 0 Å². The van der Waals surface area contributed by atoms with Gasteiger partial charge in [0.15, 0.2) is 11.6 Å². The number of aromatic nitrogens is 3. The average Bonchev–Trinajstić information content (AvgIpc) is 3.23. The Labute approximate surface area is 182 Å². The van der Waals surface area contributed by atoms with E-state index < -0.39 is 17.5 Å². The molecule has 2 aromatic heterocycles. The molecule has 0 radical (unpaired) electrons. The van der Waals surface area contributed by atoms with E-state index in [-0.39, 0.29) is 23.7 Å². The Bertz CT molecular complexity index is 1070. The minimum Gasteiger partial charge on any atom is -0.399 e. The lowest BCUT2D eigenvalue weighted by atomic mass is 10.1. The van der Waals surface area contributed by atoms with E-state index >= 15 is 0 Å². The number of nitrogens with one attached hydrogen (secondary N) is 2. The zero-order chi connectivity index (χ0) is 22.5. The quantitative estimate of drug-likeness (QED) is 0.548. The van der Waals surface area contributed by atoms with Crippen LogP contribution in [-0.4, -0.2) is 45.4 Å². The number of nitrogens with zero attached hydrogens (tertiary/aromatic N) is 4. The number of hydrogen-bond acceptors (Lipinski definition) is 8. The van der Waals surface area contributed by atoms with Gasteiger partial charge in [-0.3, -0.25) is 4.79 Å². The van der Waals surface area contributed by atoms with Crippen LogP contribution in [0, 0.1) is 11.6 Å². The number of benzene rings is 1. The number of aliphatic hydroxyl groups is 1. The van der Waals surface area contributed by atoms with Crippen LogP contribution in [0.2, 0.25) is 0 Å². The summed E-state index contributed by atoms with van der Waals surface area (Å²) in [4.78, 5) is 19.0. The molecule has 3 aromatic rings. The molecule has 0 saturated carbocycles. The molecule has 3 N–H and O–H groups in total. The maximum absolute atomic E-state index is 13.3. The van der Waals surface area contributed by atoms with Gasteiger partial charge >= 0.3 is 17.8 Å². The molecule has 0 atom stereocenters. The standard InChI is InChI=1S/C21H22F2N6O3/c22-16-7-5-13(11-17(16)23)26-21-28-27-20(32-21)19(31)25-14-6-8-18(24-12-14)29-9-1-3-15(30)4-2-10-29/h5-8,11-12,15,30H,1-4,9-10H2,(H,25,31)(H,26,28). The van der Waals surface area contributed by atoms with Crippen LogP contribution in [-0.2, 0) is 0 Å². The lowest BCUT2D eigenvalue weighted by Gasteiger charge is -2.27. The minimum absolute atomic E-state index is 0.142. The summed E-state index contributed by atoms with van der Waals surface area (Å²) < 4.78 is 31.5. The molecule has 3 heterocycles. The Kier molecular flexibility index (Phi) is 6.55. The topological polar surface area (TPSA) is 116 Å². The summed E-state index contributed by atoms with van der Waals surface area (Å²) in [6.45, 7) is 1.62. The van der Waals surface area contributed by atoms with Crippen LogP contribution in [0.1, 0.15) is 36.4 Å². The first-order chi connectivity index (χ1) is 15.5. The number of amides is 1. The van der Waals surface area contributed by atoms with Gasteiger partial charge in [0.2, 0.25) is 0 Å². The first-order valence-electron chi connectivity index (χ1n) is 10.2. The second-order valence-electron chi connectivity index (χ2n) is 7.45. The van der Waals surface area contributed by atoms with E-state index in [4.69, 9.17) is 4.42 Å². The highest BCUT2D eigenvalue weighted by Gasteiger charge is 2.17. The first-order valence-corrected chi connectivity index (χ1v) is 10.2. The molecular weight excluding hydrogens is 422 g/mol. The van der Waals surface area contributed by atoms with Crippen LogP contribution < -0.4 is 15.5 Å². The Balaban J connectivity index is 1.35. The molecule has 0 aliphatic carbocycles. The monoisotopic (exact) mass is 444 g/mol. The van der Waals surface area contributed by atoms with Crippen LogP contribution in [0.5, 0.6) is 0 Å². The highest BCUT2D eigenvalue weighted by atomic mass is 19.2. The van der Waals surface area contributed by atoms with Crippen molar-refractivity contribution in [1.82, 2.24) is 15.2 Å². The van der Waals surface area contributed by atoms with Gasteiger partial charge in [0.25, 0.3) is 0 Å². The lowest BCUT2D eigenvalue weighted by molar-refractivity contribution is 0.0991. The van der Waals surface area contributed by atoms with Crippen molar-refractivity contribution in [2.45, 2.75) is 31.8 Å². The summed E-state index contributed by atoms with van der Waals surface area (Å²) in [6.07, 6.45) is 4.65. The van der Waals surface area contributed by atoms with E-state index in [2.05, 4.69) is 30.7 Å². The highest BCUT2D eigenvalue weighted by Crippen LogP contribution is 2.21. The van der Waals surface area contributed by atoms with Gasteiger partial charge in [-0.2, -0.15) is 0 Å². The molecule has 11 heteroatoms. The SMILES string of the molecule is O=C(Nc1ccc(N2CCCC(O)CCC2)nc1)c1nnc(Nc2ccc(F)c(F)c2)o1. The van der Waals surface area contributed by atoms with Gasteiger partial charge in [-0.05, 0) is 49.9 Å². The summed E-state index contributed by atoms with van der Waals surface area (Å²) in [5.74, 6) is -2.15. The highest BCUT2D eigenvalue weighted by molar-refractivity contribution is 6.00.